The summed E-state index contributed by atoms with van der Waals surface area (Å²) in [5, 5.41) is 11.5. The molecule has 0 saturated carbocycles. The van der Waals surface area contributed by atoms with Gasteiger partial charge in [-0.15, -0.1) is 0 Å². The maximum Gasteiger partial charge on any atom is 0.295 e. The molecular weight excluding hydrogens is 382 g/mol. The topological polar surface area (TPSA) is 82.8 Å². The van der Waals surface area contributed by atoms with Crippen LogP contribution in [-0.2, 0) is 4.79 Å². The molecule has 0 bridgehead atoms. The van der Waals surface area contributed by atoms with E-state index in [1.54, 1.807) is 6.07 Å². The summed E-state index contributed by atoms with van der Waals surface area (Å²) in [6.45, 7) is 5.27. The minimum absolute atomic E-state index is 0.00992. The molecule has 0 N–H and O–H groups in total. The van der Waals surface area contributed by atoms with Crippen LogP contribution in [0.25, 0.3) is 11.3 Å². The van der Waals surface area contributed by atoms with Crippen molar-refractivity contribution in [3.05, 3.63) is 52.6 Å². The summed E-state index contributed by atoms with van der Waals surface area (Å²) in [6, 6.07) is 12.5. The van der Waals surface area contributed by atoms with Gasteiger partial charge in [-0.25, -0.2) is 4.98 Å². The van der Waals surface area contributed by atoms with Crippen LogP contribution >= 0.6 is 0 Å². The van der Waals surface area contributed by atoms with Crippen LogP contribution in [0.3, 0.4) is 0 Å². The predicted molar refractivity (Wildman–Crippen MR) is 115 cm³/mol. The van der Waals surface area contributed by atoms with Crippen molar-refractivity contribution < 1.29 is 9.72 Å². The van der Waals surface area contributed by atoms with Gasteiger partial charge in [0.25, 0.3) is 5.69 Å². The summed E-state index contributed by atoms with van der Waals surface area (Å²) in [5.41, 5.74) is 1.13. The molecule has 2 fully saturated rings. The Labute approximate surface area is 176 Å². The monoisotopic (exact) mass is 409 g/mol. The van der Waals surface area contributed by atoms with E-state index in [4.69, 9.17) is 0 Å². The van der Waals surface area contributed by atoms with Crippen molar-refractivity contribution in [2.45, 2.75) is 19.3 Å². The molecule has 158 valence electrons. The lowest BCUT2D eigenvalue weighted by Crippen LogP contribution is -2.50. The van der Waals surface area contributed by atoms with E-state index in [1.165, 1.54) is 12.5 Å². The molecule has 0 aliphatic carbocycles. The summed E-state index contributed by atoms with van der Waals surface area (Å²) < 4.78 is 0. The molecule has 2 aliphatic heterocycles. The number of benzene rings is 1. The van der Waals surface area contributed by atoms with E-state index in [1.807, 2.05) is 35.2 Å². The number of piperidine rings is 1. The van der Waals surface area contributed by atoms with E-state index >= 15 is 0 Å². The number of anilines is 1. The van der Waals surface area contributed by atoms with E-state index in [-0.39, 0.29) is 16.5 Å². The molecule has 1 amide bonds. The zero-order valence-corrected chi connectivity index (χ0v) is 17.1. The first-order valence-electron chi connectivity index (χ1n) is 10.6. The van der Waals surface area contributed by atoms with Crippen molar-refractivity contribution in [2.75, 3.05) is 50.7 Å². The van der Waals surface area contributed by atoms with Crippen molar-refractivity contribution in [1.29, 1.82) is 0 Å². The predicted octanol–water partition coefficient (Wildman–Crippen LogP) is 2.79. The number of carbonyl (C=O) groups excluding carboxylic acids is 1. The molecule has 2 aromatic rings. The third-order valence-electron chi connectivity index (χ3n) is 5.87. The second kappa shape index (κ2) is 9.21. The third-order valence-corrected chi connectivity index (χ3v) is 5.87. The SMILES string of the molecule is O=C(CN1CCN(c2ccc([N+](=O)[O-])c(-c3ccccc3)n2)CC1)N1CCCCC1. The average molecular weight is 409 g/mol. The molecule has 8 heteroatoms. The van der Waals surface area contributed by atoms with Gasteiger partial charge in [0.1, 0.15) is 5.82 Å². The molecule has 1 aromatic carbocycles. The van der Waals surface area contributed by atoms with Crippen molar-refractivity contribution in [1.82, 2.24) is 14.8 Å². The molecule has 2 aliphatic rings. The number of piperazine rings is 1. The first kappa shape index (κ1) is 20.3. The number of carbonyl (C=O) groups is 1. The number of likely N-dealkylation sites (tertiary alicyclic amines) is 1. The fourth-order valence-corrected chi connectivity index (χ4v) is 4.14. The molecule has 4 rings (SSSR count). The van der Waals surface area contributed by atoms with Gasteiger partial charge in [-0.05, 0) is 25.3 Å². The van der Waals surface area contributed by atoms with E-state index in [2.05, 4.69) is 14.8 Å². The molecule has 3 heterocycles. The highest BCUT2D eigenvalue weighted by Crippen LogP contribution is 2.30. The Morgan fingerprint density at radius 1 is 0.933 bits per heavy atom. The Balaban J connectivity index is 1.42. The van der Waals surface area contributed by atoms with Gasteiger partial charge in [-0.1, -0.05) is 30.3 Å². The second-order valence-electron chi connectivity index (χ2n) is 7.86. The fourth-order valence-electron chi connectivity index (χ4n) is 4.14. The summed E-state index contributed by atoms with van der Waals surface area (Å²) in [6.07, 6.45) is 3.43. The van der Waals surface area contributed by atoms with Gasteiger partial charge in [0.2, 0.25) is 5.91 Å². The van der Waals surface area contributed by atoms with Crippen molar-refractivity contribution in [3.63, 3.8) is 0 Å². The van der Waals surface area contributed by atoms with Crippen molar-refractivity contribution >= 4 is 17.4 Å². The quantitative estimate of drug-likeness (QED) is 0.558. The van der Waals surface area contributed by atoms with Gasteiger partial charge < -0.3 is 9.80 Å². The standard InChI is InChI=1S/C22H27N5O3/c28-21(26-11-5-2-6-12-26)17-24-13-15-25(16-14-24)20-10-9-19(27(29)30)22(23-20)18-7-3-1-4-8-18/h1,3-4,7-10H,2,5-6,11-17H2. The summed E-state index contributed by atoms with van der Waals surface area (Å²) in [7, 11) is 0. The molecule has 30 heavy (non-hydrogen) atoms. The summed E-state index contributed by atoms with van der Waals surface area (Å²) >= 11 is 0. The maximum atomic E-state index is 12.5. The van der Waals surface area contributed by atoms with Gasteiger partial charge >= 0.3 is 0 Å². The Hall–Kier alpha value is -3.00. The molecule has 0 atom stereocenters. The summed E-state index contributed by atoms with van der Waals surface area (Å²) in [5.74, 6) is 0.962. The highest BCUT2D eigenvalue weighted by atomic mass is 16.6. The maximum absolute atomic E-state index is 12.5. The largest absolute Gasteiger partial charge is 0.354 e. The smallest absolute Gasteiger partial charge is 0.295 e. The molecular formula is C22H27N5O3. The van der Waals surface area contributed by atoms with E-state index in [9.17, 15) is 14.9 Å². The molecule has 0 radical (unpaired) electrons. The van der Waals surface area contributed by atoms with Crippen LogP contribution in [0.15, 0.2) is 42.5 Å². The lowest BCUT2D eigenvalue weighted by atomic mass is 10.1. The number of aromatic nitrogens is 1. The van der Waals surface area contributed by atoms with Crippen LogP contribution in [0.4, 0.5) is 11.5 Å². The molecule has 2 saturated heterocycles. The van der Waals surface area contributed by atoms with Crippen molar-refractivity contribution in [2.24, 2.45) is 0 Å². The van der Waals surface area contributed by atoms with Crippen LogP contribution in [0, 0.1) is 10.1 Å². The zero-order valence-electron chi connectivity index (χ0n) is 17.1. The van der Waals surface area contributed by atoms with Crippen LogP contribution < -0.4 is 4.90 Å². The molecule has 0 spiro atoms. The van der Waals surface area contributed by atoms with Crippen LogP contribution in [0.5, 0.6) is 0 Å². The normalized spacial score (nSPS) is 17.7. The molecule has 8 nitrogen and oxygen atoms in total. The number of nitro groups is 1. The number of nitrogens with zero attached hydrogens (tertiary/aromatic N) is 5. The Kier molecular flexibility index (Phi) is 6.23. The van der Waals surface area contributed by atoms with Gasteiger partial charge in [-0.2, -0.15) is 0 Å². The third kappa shape index (κ3) is 4.59. The number of rotatable bonds is 5. The van der Waals surface area contributed by atoms with Crippen LogP contribution in [0.1, 0.15) is 19.3 Å². The average Bonchev–Trinajstić information content (AvgIpc) is 2.80. The van der Waals surface area contributed by atoms with E-state index in [0.717, 1.165) is 63.5 Å². The minimum Gasteiger partial charge on any atom is -0.354 e. The Bertz CT molecular complexity index is 891. The first-order chi connectivity index (χ1) is 14.6. The fraction of sp³-hybridized carbons (Fsp3) is 0.455. The Morgan fingerprint density at radius 3 is 2.30 bits per heavy atom. The van der Waals surface area contributed by atoms with Crippen LogP contribution in [0.2, 0.25) is 0 Å². The van der Waals surface area contributed by atoms with E-state index in [0.29, 0.717) is 12.2 Å². The lowest BCUT2D eigenvalue weighted by molar-refractivity contribution is -0.384. The van der Waals surface area contributed by atoms with Gasteiger partial charge in [0.15, 0.2) is 5.69 Å². The van der Waals surface area contributed by atoms with Gasteiger partial charge in [0.05, 0.1) is 11.5 Å². The lowest BCUT2D eigenvalue weighted by Gasteiger charge is -2.36. The van der Waals surface area contributed by atoms with Crippen molar-refractivity contribution in [3.8, 4) is 11.3 Å². The number of hydrogen-bond donors (Lipinski definition) is 0. The second-order valence-corrected chi connectivity index (χ2v) is 7.86. The number of hydrogen-bond acceptors (Lipinski definition) is 6. The number of amides is 1. The molecule has 1 aromatic heterocycles. The molecule has 0 unspecified atom stereocenters. The minimum atomic E-state index is -0.386. The Morgan fingerprint density at radius 2 is 1.63 bits per heavy atom. The highest BCUT2D eigenvalue weighted by Gasteiger charge is 2.25. The van der Waals surface area contributed by atoms with E-state index < -0.39 is 0 Å². The highest BCUT2D eigenvalue weighted by molar-refractivity contribution is 5.78. The van der Waals surface area contributed by atoms with Gasteiger partial charge in [0, 0.05) is 50.9 Å². The zero-order chi connectivity index (χ0) is 20.9. The summed E-state index contributed by atoms with van der Waals surface area (Å²) in [4.78, 5) is 34.5. The first-order valence-corrected chi connectivity index (χ1v) is 10.6. The van der Waals surface area contributed by atoms with Gasteiger partial charge in [-0.3, -0.25) is 19.8 Å². The van der Waals surface area contributed by atoms with Crippen LogP contribution in [-0.4, -0.2) is 71.4 Å². The number of pyridine rings is 1.